The predicted molar refractivity (Wildman–Crippen MR) is 66.3 cm³/mol. The molecule has 1 atom stereocenters. The van der Waals surface area contributed by atoms with Crippen LogP contribution < -0.4 is 5.73 Å². The van der Waals surface area contributed by atoms with E-state index in [1.807, 2.05) is 31.2 Å². The maximum absolute atomic E-state index is 12.5. The van der Waals surface area contributed by atoms with Crippen LogP contribution >= 0.6 is 0 Å². The van der Waals surface area contributed by atoms with E-state index in [0.29, 0.717) is 6.54 Å². The smallest absolute Gasteiger partial charge is 0.329 e. The van der Waals surface area contributed by atoms with Crippen LogP contribution in [-0.2, 0) is 0 Å². The fourth-order valence-electron chi connectivity index (χ4n) is 1.96. The Labute approximate surface area is 106 Å². The first-order chi connectivity index (χ1) is 8.37. The quantitative estimate of drug-likeness (QED) is 0.882. The van der Waals surface area contributed by atoms with Crippen LogP contribution in [0.15, 0.2) is 24.3 Å². The van der Waals surface area contributed by atoms with E-state index in [9.17, 15) is 13.2 Å². The molecule has 1 aromatic rings. The van der Waals surface area contributed by atoms with Crippen LogP contribution in [0.25, 0.3) is 0 Å². The van der Waals surface area contributed by atoms with E-state index in [4.69, 9.17) is 5.73 Å². The Bertz CT molecular complexity index is 359. The maximum atomic E-state index is 12.5. The number of likely N-dealkylation sites (N-methyl/N-ethyl adjacent to an activating group) is 1. The third kappa shape index (κ3) is 4.31. The Morgan fingerprint density at radius 3 is 2.17 bits per heavy atom. The summed E-state index contributed by atoms with van der Waals surface area (Å²) in [5, 5.41) is 0. The number of nitrogens with zero attached hydrogens (tertiary/aromatic N) is 1. The number of alkyl halides is 3. The minimum Gasteiger partial charge on any atom is -0.329 e. The van der Waals surface area contributed by atoms with Crippen molar-refractivity contribution in [1.29, 1.82) is 0 Å². The summed E-state index contributed by atoms with van der Waals surface area (Å²) in [5.41, 5.74) is 7.53. The van der Waals surface area contributed by atoms with Gasteiger partial charge in [0.15, 0.2) is 0 Å². The van der Waals surface area contributed by atoms with Crippen molar-refractivity contribution in [3.63, 3.8) is 0 Å². The molecule has 0 radical (unpaired) electrons. The second kappa shape index (κ2) is 6.20. The molecule has 2 nitrogen and oxygen atoms in total. The minimum absolute atomic E-state index is 0.174. The Hall–Kier alpha value is -1.07. The van der Waals surface area contributed by atoms with Crippen molar-refractivity contribution in [2.24, 2.45) is 5.73 Å². The van der Waals surface area contributed by atoms with Crippen LogP contribution in [0.4, 0.5) is 13.2 Å². The van der Waals surface area contributed by atoms with Crippen molar-refractivity contribution in [3.8, 4) is 0 Å². The van der Waals surface area contributed by atoms with Crippen LogP contribution in [0.5, 0.6) is 0 Å². The van der Waals surface area contributed by atoms with Gasteiger partial charge in [0.1, 0.15) is 0 Å². The Balaban J connectivity index is 2.89. The topological polar surface area (TPSA) is 29.3 Å². The SMILES string of the molecule is CCN(CC(F)(F)F)C(CN)c1ccc(C)cc1. The number of rotatable bonds is 5. The molecule has 1 rings (SSSR count). The Morgan fingerprint density at radius 2 is 1.78 bits per heavy atom. The maximum Gasteiger partial charge on any atom is 0.401 e. The molecule has 102 valence electrons. The van der Waals surface area contributed by atoms with Crippen LogP contribution in [0, 0.1) is 6.92 Å². The monoisotopic (exact) mass is 260 g/mol. The molecule has 0 spiro atoms. The second-order valence-corrected chi connectivity index (χ2v) is 4.34. The highest BCUT2D eigenvalue weighted by atomic mass is 19.4. The van der Waals surface area contributed by atoms with E-state index in [2.05, 4.69) is 0 Å². The van der Waals surface area contributed by atoms with Crippen molar-refractivity contribution >= 4 is 0 Å². The van der Waals surface area contributed by atoms with Gasteiger partial charge in [0.05, 0.1) is 6.54 Å². The molecular formula is C13H19F3N2. The lowest BCUT2D eigenvalue weighted by Crippen LogP contribution is -2.40. The molecule has 0 aliphatic rings. The Kier molecular flexibility index (Phi) is 5.16. The molecule has 0 saturated heterocycles. The highest BCUT2D eigenvalue weighted by Gasteiger charge is 2.33. The van der Waals surface area contributed by atoms with E-state index in [1.165, 1.54) is 4.90 Å². The van der Waals surface area contributed by atoms with Crippen molar-refractivity contribution < 1.29 is 13.2 Å². The summed E-state index contributed by atoms with van der Waals surface area (Å²) in [6, 6.07) is 7.06. The summed E-state index contributed by atoms with van der Waals surface area (Å²) in [5.74, 6) is 0. The molecule has 0 bridgehead atoms. The number of benzene rings is 1. The molecule has 1 unspecified atom stereocenters. The van der Waals surface area contributed by atoms with Gasteiger partial charge in [-0.05, 0) is 19.0 Å². The van der Waals surface area contributed by atoms with Crippen LogP contribution in [0.1, 0.15) is 24.1 Å². The van der Waals surface area contributed by atoms with Gasteiger partial charge in [-0.15, -0.1) is 0 Å². The van der Waals surface area contributed by atoms with Crippen LogP contribution in [-0.4, -0.2) is 30.7 Å². The van der Waals surface area contributed by atoms with E-state index < -0.39 is 18.8 Å². The Morgan fingerprint density at radius 1 is 1.22 bits per heavy atom. The molecule has 0 heterocycles. The summed E-state index contributed by atoms with van der Waals surface area (Å²) >= 11 is 0. The molecule has 18 heavy (non-hydrogen) atoms. The molecule has 0 aliphatic carbocycles. The number of hydrogen-bond acceptors (Lipinski definition) is 2. The zero-order valence-corrected chi connectivity index (χ0v) is 10.7. The lowest BCUT2D eigenvalue weighted by Gasteiger charge is -2.30. The second-order valence-electron chi connectivity index (χ2n) is 4.34. The highest BCUT2D eigenvalue weighted by Crippen LogP contribution is 2.25. The average molecular weight is 260 g/mol. The average Bonchev–Trinajstić information content (AvgIpc) is 2.29. The molecule has 0 amide bonds. The fraction of sp³-hybridized carbons (Fsp3) is 0.538. The molecule has 1 aromatic carbocycles. The highest BCUT2D eigenvalue weighted by molar-refractivity contribution is 5.24. The molecule has 0 fully saturated rings. The number of halogens is 3. The van der Waals surface area contributed by atoms with Gasteiger partial charge in [0, 0.05) is 12.6 Å². The molecule has 5 heteroatoms. The number of nitrogens with two attached hydrogens (primary N) is 1. The summed E-state index contributed by atoms with van der Waals surface area (Å²) in [4.78, 5) is 1.35. The molecular weight excluding hydrogens is 241 g/mol. The van der Waals surface area contributed by atoms with Gasteiger partial charge >= 0.3 is 6.18 Å². The molecule has 2 N–H and O–H groups in total. The zero-order valence-electron chi connectivity index (χ0n) is 10.7. The van der Waals surface area contributed by atoms with Crippen LogP contribution in [0.2, 0.25) is 0 Å². The first kappa shape index (κ1) is 15.0. The normalized spacial score (nSPS) is 13.9. The standard InChI is InChI=1S/C13H19F3N2/c1-3-18(9-13(14,15)16)12(8-17)11-6-4-10(2)5-7-11/h4-7,12H,3,8-9,17H2,1-2H3. The number of aryl methyl sites for hydroxylation is 1. The van der Waals surface area contributed by atoms with E-state index in [0.717, 1.165) is 11.1 Å². The molecule has 0 saturated carbocycles. The summed E-state index contributed by atoms with van der Waals surface area (Å²) in [6.45, 7) is 3.21. The first-order valence-electron chi connectivity index (χ1n) is 5.94. The largest absolute Gasteiger partial charge is 0.401 e. The molecule has 0 aliphatic heterocycles. The van der Waals surface area contributed by atoms with Gasteiger partial charge in [-0.3, -0.25) is 4.90 Å². The third-order valence-corrected chi connectivity index (χ3v) is 2.91. The van der Waals surface area contributed by atoms with Gasteiger partial charge in [-0.25, -0.2) is 0 Å². The summed E-state index contributed by atoms with van der Waals surface area (Å²) in [7, 11) is 0. The fourth-order valence-corrected chi connectivity index (χ4v) is 1.96. The summed E-state index contributed by atoms with van der Waals surface area (Å²) in [6.07, 6.45) is -4.20. The molecule has 0 aromatic heterocycles. The summed E-state index contributed by atoms with van der Waals surface area (Å²) < 4.78 is 37.5. The van der Waals surface area contributed by atoms with E-state index in [1.54, 1.807) is 6.92 Å². The van der Waals surface area contributed by atoms with Gasteiger partial charge in [-0.2, -0.15) is 13.2 Å². The van der Waals surface area contributed by atoms with Crippen molar-refractivity contribution in [1.82, 2.24) is 4.90 Å². The third-order valence-electron chi connectivity index (χ3n) is 2.91. The minimum atomic E-state index is -4.20. The van der Waals surface area contributed by atoms with Gasteiger partial charge in [0.25, 0.3) is 0 Å². The first-order valence-corrected chi connectivity index (χ1v) is 5.94. The zero-order chi connectivity index (χ0) is 13.8. The van der Waals surface area contributed by atoms with Gasteiger partial charge in [-0.1, -0.05) is 36.8 Å². The van der Waals surface area contributed by atoms with Crippen molar-refractivity contribution in [2.45, 2.75) is 26.1 Å². The number of hydrogen-bond donors (Lipinski definition) is 1. The van der Waals surface area contributed by atoms with Crippen molar-refractivity contribution in [3.05, 3.63) is 35.4 Å². The van der Waals surface area contributed by atoms with E-state index in [-0.39, 0.29) is 6.54 Å². The predicted octanol–water partition coefficient (Wildman–Crippen LogP) is 2.88. The lowest BCUT2D eigenvalue weighted by atomic mass is 10.0. The van der Waals surface area contributed by atoms with E-state index >= 15 is 0 Å². The van der Waals surface area contributed by atoms with Gasteiger partial charge in [0.2, 0.25) is 0 Å². The van der Waals surface area contributed by atoms with Crippen LogP contribution in [0.3, 0.4) is 0 Å². The lowest BCUT2D eigenvalue weighted by molar-refractivity contribution is -0.150. The van der Waals surface area contributed by atoms with Gasteiger partial charge < -0.3 is 5.73 Å². The van der Waals surface area contributed by atoms with Crippen molar-refractivity contribution in [2.75, 3.05) is 19.6 Å².